The van der Waals surface area contributed by atoms with Gasteiger partial charge in [0.25, 0.3) is 0 Å². The van der Waals surface area contributed by atoms with Crippen molar-refractivity contribution in [3.63, 3.8) is 0 Å². The number of aryl methyl sites for hydroxylation is 2. The van der Waals surface area contributed by atoms with E-state index in [1.807, 2.05) is 44.2 Å². The summed E-state index contributed by atoms with van der Waals surface area (Å²) >= 11 is 7.26. The number of rotatable bonds is 6. The minimum absolute atomic E-state index is 0.0589. The molecule has 0 radical (unpaired) electrons. The Labute approximate surface area is 196 Å². The van der Waals surface area contributed by atoms with E-state index in [1.165, 1.54) is 11.8 Å². The zero-order valence-corrected chi connectivity index (χ0v) is 19.1. The van der Waals surface area contributed by atoms with E-state index in [1.54, 1.807) is 12.1 Å². The zero-order valence-electron chi connectivity index (χ0n) is 17.6. The number of nitrogens with one attached hydrogen (secondary N) is 1. The summed E-state index contributed by atoms with van der Waals surface area (Å²) in [6.07, 6.45) is 0.197. The predicted octanol–water partition coefficient (Wildman–Crippen LogP) is 5.47. The summed E-state index contributed by atoms with van der Waals surface area (Å²) in [5, 5.41) is 23.2. The summed E-state index contributed by atoms with van der Waals surface area (Å²) in [5.74, 6) is 0.261. The molecule has 0 bridgehead atoms. The number of halogens is 1. The first kappa shape index (κ1) is 23.1. The second kappa shape index (κ2) is 10.2. The fraction of sp³-hybridized carbons (Fsp3) is 0.167. The highest BCUT2D eigenvalue weighted by molar-refractivity contribution is 7.99. The first-order valence-corrected chi connectivity index (χ1v) is 11.1. The Morgan fingerprint density at radius 1 is 1.12 bits per heavy atom. The average Bonchev–Trinajstić information content (AvgIpc) is 2.76. The molecule has 0 aliphatic carbocycles. The monoisotopic (exact) mass is 461 g/mol. The Morgan fingerprint density at radius 3 is 2.47 bits per heavy atom. The maximum Gasteiger partial charge on any atom is 0.225 e. The summed E-state index contributed by atoms with van der Waals surface area (Å²) in [7, 11) is 0. The number of carbonyl (C=O) groups excluding carboxylic acids is 1. The van der Waals surface area contributed by atoms with E-state index >= 15 is 0 Å². The van der Waals surface area contributed by atoms with Gasteiger partial charge in [0.1, 0.15) is 28.5 Å². The number of nitrogens with two attached hydrogens (primary N) is 1. The second-order valence-electron chi connectivity index (χ2n) is 7.12. The Hall–Kier alpha value is -3.52. The summed E-state index contributed by atoms with van der Waals surface area (Å²) in [6, 6.07) is 17.0. The van der Waals surface area contributed by atoms with Crippen LogP contribution in [0, 0.1) is 36.5 Å². The van der Waals surface area contributed by atoms with Gasteiger partial charge < -0.3 is 11.1 Å². The molecule has 6 nitrogen and oxygen atoms in total. The van der Waals surface area contributed by atoms with Crippen LogP contribution in [0.3, 0.4) is 0 Å². The molecule has 0 unspecified atom stereocenters. The molecule has 0 fully saturated rings. The van der Waals surface area contributed by atoms with Gasteiger partial charge in [0.15, 0.2) is 0 Å². The van der Waals surface area contributed by atoms with Crippen molar-refractivity contribution < 1.29 is 4.79 Å². The summed E-state index contributed by atoms with van der Waals surface area (Å²) in [4.78, 5) is 16.7. The standard InChI is InChI=1S/C24H20ClN5OS/c1-14-3-6-16(7-4-14)22-18(12-26)23(28)30-24(19(22)13-27)32-10-9-21(31)29-20-11-17(25)8-5-15(20)2/h3-8,11H,9-10H2,1-2H3,(H2,28,30)(H,29,31). The van der Waals surface area contributed by atoms with Gasteiger partial charge >= 0.3 is 0 Å². The number of hydrogen-bond acceptors (Lipinski definition) is 6. The third-order valence-corrected chi connectivity index (χ3v) is 6.01. The van der Waals surface area contributed by atoms with Gasteiger partial charge in [0.05, 0.1) is 5.56 Å². The van der Waals surface area contributed by atoms with Crippen LogP contribution in [0.2, 0.25) is 5.02 Å². The van der Waals surface area contributed by atoms with Crippen LogP contribution in [0.5, 0.6) is 0 Å². The molecule has 32 heavy (non-hydrogen) atoms. The second-order valence-corrected chi connectivity index (χ2v) is 8.64. The van der Waals surface area contributed by atoms with Crippen molar-refractivity contribution in [3.8, 4) is 23.3 Å². The Morgan fingerprint density at radius 2 is 1.81 bits per heavy atom. The number of thioether (sulfide) groups is 1. The van der Waals surface area contributed by atoms with Gasteiger partial charge in [0, 0.05) is 28.4 Å². The third-order valence-electron chi connectivity index (χ3n) is 4.80. The number of nitriles is 2. The molecule has 1 aromatic heterocycles. The van der Waals surface area contributed by atoms with Gasteiger partial charge in [-0.3, -0.25) is 4.79 Å². The van der Waals surface area contributed by atoms with Crippen LogP contribution in [0.25, 0.3) is 11.1 Å². The minimum Gasteiger partial charge on any atom is -0.383 e. The zero-order chi connectivity index (χ0) is 23.3. The number of benzene rings is 2. The van der Waals surface area contributed by atoms with E-state index in [4.69, 9.17) is 17.3 Å². The van der Waals surface area contributed by atoms with Crippen molar-refractivity contribution in [2.45, 2.75) is 25.3 Å². The van der Waals surface area contributed by atoms with Crippen LogP contribution in [0.15, 0.2) is 47.5 Å². The molecule has 160 valence electrons. The summed E-state index contributed by atoms with van der Waals surface area (Å²) < 4.78 is 0. The summed E-state index contributed by atoms with van der Waals surface area (Å²) in [5.41, 5.74) is 10.3. The van der Waals surface area contributed by atoms with Crippen molar-refractivity contribution in [2.24, 2.45) is 0 Å². The van der Waals surface area contributed by atoms with E-state index in [2.05, 4.69) is 22.4 Å². The number of carbonyl (C=O) groups is 1. The van der Waals surface area contributed by atoms with Gasteiger partial charge in [-0.2, -0.15) is 10.5 Å². The van der Waals surface area contributed by atoms with Gasteiger partial charge in [-0.25, -0.2) is 4.98 Å². The van der Waals surface area contributed by atoms with Crippen LogP contribution >= 0.6 is 23.4 Å². The highest BCUT2D eigenvalue weighted by atomic mass is 35.5. The fourth-order valence-corrected chi connectivity index (χ4v) is 4.20. The molecule has 1 amide bonds. The maximum atomic E-state index is 12.4. The van der Waals surface area contributed by atoms with Crippen LogP contribution < -0.4 is 11.1 Å². The lowest BCUT2D eigenvalue weighted by Gasteiger charge is -2.13. The minimum atomic E-state index is -0.179. The van der Waals surface area contributed by atoms with E-state index in [-0.39, 0.29) is 29.3 Å². The Kier molecular flexibility index (Phi) is 7.37. The molecule has 0 saturated heterocycles. The van der Waals surface area contributed by atoms with Gasteiger partial charge in [-0.1, -0.05) is 47.5 Å². The van der Waals surface area contributed by atoms with E-state index in [0.717, 1.165) is 11.1 Å². The van der Waals surface area contributed by atoms with Crippen LogP contribution in [-0.4, -0.2) is 16.6 Å². The van der Waals surface area contributed by atoms with Crippen LogP contribution in [-0.2, 0) is 4.79 Å². The van der Waals surface area contributed by atoms with Crippen molar-refractivity contribution in [3.05, 3.63) is 69.7 Å². The maximum absolute atomic E-state index is 12.4. The van der Waals surface area contributed by atoms with Crippen molar-refractivity contribution in [2.75, 3.05) is 16.8 Å². The molecule has 0 aliphatic rings. The molecule has 1 heterocycles. The molecular weight excluding hydrogens is 442 g/mol. The molecule has 8 heteroatoms. The normalized spacial score (nSPS) is 10.3. The molecular formula is C24H20ClN5OS. The molecule has 3 rings (SSSR count). The molecule has 0 atom stereocenters. The van der Waals surface area contributed by atoms with Gasteiger partial charge in [0.2, 0.25) is 5.91 Å². The average molecular weight is 462 g/mol. The van der Waals surface area contributed by atoms with Crippen molar-refractivity contribution in [1.82, 2.24) is 4.98 Å². The first-order chi connectivity index (χ1) is 15.3. The number of nitrogen functional groups attached to an aromatic ring is 1. The van der Waals surface area contributed by atoms with E-state index in [0.29, 0.717) is 32.6 Å². The number of hydrogen-bond donors (Lipinski definition) is 2. The van der Waals surface area contributed by atoms with Gasteiger partial charge in [-0.05, 0) is 37.1 Å². The lowest BCUT2D eigenvalue weighted by Crippen LogP contribution is -2.13. The molecule has 0 spiro atoms. The summed E-state index contributed by atoms with van der Waals surface area (Å²) in [6.45, 7) is 3.84. The van der Waals surface area contributed by atoms with Crippen molar-refractivity contribution in [1.29, 1.82) is 10.5 Å². The van der Waals surface area contributed by atoms with Crippen molar-refractivity contribution >= 4 is 40.8 Å². The highest BCUT2D eigenvalue weighted by Crippen LogP contribution is 2.36. The topological polar surface area (TPSA) is 116 Å². The van der Waals surface area contributed by atoms with Gasteiger partial charge in [-0.15, -0.1) is 11.8 Å². The molecule has 0 saturated carbocycles. The van der Waals surface area contributed by atoms with Crippen LogP contribution in [0.1, 0.15) is 28.7 Å². The number of aromatic nitrogens is 1. The molecule has 3 aromatic rings. The highest BCUT2D eigenvalue weighted by Gasteiger charge is 2.20. The number of amides is 1. The predicted molar refractivity (Wildman–Crippen MR) is 128 cm³/mol. The Bertz CT molecular complexity index is 1260. The van der Waals surface area contributed by atoms with E-state index in [9.17, 15) is 15.3 Å². The largest absolute Gasteiger partial charge is 0.383 e. The number of nitrogens with zero attached hydrogens (tertiary/aromatic N) is 3. The molecule has 2 aromatic carbocycles. The quantitative estimate of drug-likeness (QED) is 0.470. The fourth-order valence-electron chi connectivity index (χ4n) is 3.09. The molecule has 0 aliphatic heterocycles. The number of anilines is 2. The first-order valence-electron chi connectivity index (χ1n) is 9.73. The lowest BCUT2D eigenvalue weighted by atomic mass is 9.96. The molecule has 3 N–H and O–H groups in total. The lowest BCUT2D eigenvalue weighted by molar-refractivity contribution is -0.115. The Balaban J connectivity index is 1.82. The van der Waals surface area contributed by atoms with E-state index < -0.39 is 0 Å². The number of pyridine rings is 1. The van der Waals surface area contributed by atoms with Crippen LogP contribution in [0.4, 0.5) is 11.5 Å². The smallest absolute Gasteiger partial charge is 0.225 e. The SMILES string of the molecule is Cc1ccc(-c2c(C#N)c(N)nc(SCCC(=O)Nc3cc(Cl)ccc3C)c2C#N)cc1. The third kappa shape index (κ3) is 5.20.